The number of hydrogen-bond acceptors (Lipinski definition) is 2. The molecule has 0 radical (unpaired) electrons. The van der Waals surface area contributed by atoms with E-state index in [9.17, 15) is 0 Å². The maximum atomic E-state index is 5.18. The largest absolute Gasteiger partial charge is 0.472 e. The lowest BCUT2D eigenvalue weighted by Crippen LogP contribution is -2.41. The number of nitrogens with one attached hydrogen (secondary N) is 1. The van der Waals surface area contributed by atoms with Crippen LogP contribution in [0.3, 0.4) is 0 Å². The molecule has 96 valence electrons. The zero-order valence-corrected chi connectivity index (χ0v) is 11.1. The molecular formula is C15H25NO. The second-order valence-electron chi connectivity index (χ2n) is 5.35. The summed E-state index contributed by atoms with van der Waals surface area (Å²) in [5, 5.41) is 3.66. The Morgan fingerprint density at radius 3 is 2.88 bits per heavy atom. The third kappa shape index (κ3) is 3.35. The third-order valence-corrected chi connectivity index (χ3v) is 4.21. The molecule has 1 aromatic heterocycles. The topological polar surface area (TPSA) is 25.2 Å². The Kier molecular flexibility index (Phi) is 4.66. The predicted octanol–water partition coefficient (Wildman–Crippen LogP) is 3.63. The van der Waals surface area contributed by atoms with Crippen LogP contribution in [0.4, 0.5) is 0 Å². The minimum atomic E-state index is 0.706. The number of furan rings is 1. The van der Waals surface area contributed by atoms with Crippen molar-refractivity contribution >= 4 is 0 Å². The van der Waals surface area contributed by atoms with Gasteiger partial charge in [0.25, 0.3) is 0 Å². The minimum absolute atomic E-state index is 0.706. The zero-order chi connectivity index (χ0) is 12.1. The smallest absolute Gasteiger partial charge is 0.0934 e. The zero-order valence-electron chi connectivity index (χ0n) is 11.1. The normalized spacial score (nSPS) is 29.4. The van der Waals surface area contributed by atoms with Gasteiger partial charge in [0.2, 0.25) is 0 Å². The van der Waals surface area contributed by atoms with Crippen molar-refractivity contribution in [2.75, 3.05) is 6.54 Å². The lowest BCUT2D eigenvalue weighted by Gasteiger charge is -2.36. The Hall–Kier alpha value is -0.760. The summed E-state index contributed by atoms with van der Waals surface area (Å²) in [4.78, 5) is 0. The van der Waals surface area contributed by atoms with E-state index >= 15 is 0 Å². The average Bonchev–Trinajstić information content (AvgIpc) is 2.84. The fourth-order valence-electron chi connectivity index (χ4n) is 3.20. The van der Waals surface area contributed by atoms with E-state index in [0.717, 1.165) is 18.4 Å². The molecular weight excluding hydrogens is 210 g/mol. The summed E-state index contributed by atoms with van der Waals surface area (Å²) in [5.74, 6) is 1.72. The highest BCUT2D eigenvalue weighted by atomic mass is 16.3. The van der Waals surface area contributed by atoms with Crippen LogP contribution < -0.4 is 5.32 Å². The first-order valence-electron chi connectivity index (χ1n) is 7.07. The fourth-order valence-corrected chi connectivity index (χ4v) is 3.20. The summed E-state index contributed by atoms with van der Waals surface area (Å²) >= 11 is 0. The Balaban J connectivity index is 1.97. The van der Waals surface area contributed by atoms with Crippen LogP contribution >= 0.6 is 0 Å². The Labute approximate surface area is 105 Å². The Morgan fingerprint density at radius 1 is 1.35 bits per heavy atom. The van der Waals surface area contributed by atoms with Crippen molar-refractivity contribution in [1.29, 1.82) is 0 Å². The van der Waals surface area contributed by atoms with Crippen molar-refractivity contribution < 1.29 is 4.42 Å². The summed E-state index contributed by atoms with van der Waals surface area (Å²) in [6.45, 7) is 5.62. The predicted molar refractivity (Wildman–Crippen MR) is 71.0 cm³/mol. The monoisotopic (exact) mass is 235 g/mol. The van der Waals surface area contributed by atoms with E-state index in [2.05, 4.69) is 25.2 Å². The SMILES string of the molecule is CCNC1CCC(CC)CC1Cc1ccoc1. The molecule has 3 unspecified atom stereocenters. The van der Waals surface area contributed by atoms with E-state index in [4.69, 9.17) is 4.42 Å². The first-order valence-corrected chi connectivity index (χ1v) is 7.07. The van der Waals surface area contributed by atoms with Gasteiger partial charge in [0, 0.05) is 6.04 Å². The molecule has 1 heterocycles. The molecule has 2 heteroatoms. The van der Waals surface area contributed by atoms with E-state index in [-0.39, 0.29) is 0 Å². The van der Waals surface area contributed by atoms with Crippen molar-refractivity contribution in [2.45, 2.75) is 52.0 Å². The van der Waals surface area contributed by atoms with Crippen molar-refractivity contribution in [3.8, 4) is 0 Å². The van der Waals surface area contributed by atoms with Gasteiger partial charge >= 0.3 is 0 Å². The molecule has 0 saturated heterocycles. The number of hydrogen-bond donors (Lipinski definition) is 1. The van der Waals surface area contributed by atoms with E-state index < -0.39 is 0 Å². The van der Waals surface area contributed by atoms with Crippen LogP contribution in [-0.2, 0) is 6.42 Å². The van der Waals surface area contributed by atoms with Crippen LogP contribution in [-0.4, -0.2) is 12.6 Å². The molecule has 0 amide bonds. The van der Waals surface area contributed by atoms with Crippen LogP contribution in [0.2, 0.25) is 0 Å². The van der Waals surface area contributed by atoms with Crippen LogP contribution in [0.5, 0.6) is 0 Å². The highest BCUT2D eigenvalue weighted by molar-refractivity contribution is 5.07. The molecule has 3 atom stereocenters. The molecule has 2 rings (SSSR count). The molecule has 1 aliphatic rings. The van der Waals surface area contributed by atoms with Gasteiger partial charge in [-0.25, -0.2) is 0 Å². The van der Waals surface area contributed by atoms with Gasteiger partial charge in [-0.1, -0.05) is 20.3 Å². The first kappa shape index (κ1) is 12.7. The maximum absolute atomic E-state index is 5.18. The summed E-state index contributed by atoms with van der Waals surface area (Å²) in [6, 6.07) is 2.82. The van der Waals surface area contributed by atoms with E-state index in [1.165, 1.54) is 37.7 Å². The standard InChI is InChI=1S/C15H25NO/c1-3-12-5-6-15(16-4-2)14(9-12)10-13-7-8-17-11-13/h7-8,11-12,14-16H,3-6,9-10H2,1-2H3. The quantitative estimate of drug-likeness (QED) is 0.843. The highest BCUT2D eigenvalue weighted by Crippen LogP contribution is 2.33. The second kappa shape index (κ2) is 6.25. The third-order valence-electron chi connectivity index (χ3n) is 4.21. The highest BCUT2D eigenvalue weighted by Gasteiger charge is 2.29. The summed E-state index contributed by atoms with van der Waals surface area (Å²) < 4.78 is 5.18. The summed E-state index contributed by atoms with van der Waals surface area (Å²) in [6.07, 6.45) is 10.3. The molecule has 1 aliphatic carbocycles. The molecule has 0 aliphatic heterocycles. The average molecular weight is 235 g/mol. The van der Waals surface area contributed by atoms with Gasteiger partial charge in [-0.3, -0.25) is 0 Å². The number of rotatable bonds is 5. The molecule has 1 N–H and O–H groups in total. The van der Waals surface area contributed by atoms with Gasteiger partial charge in [0.15, 0.2) is 0 Å². The van der Waals surface area contributed by atoms with Gasteiger partial charge in [-0.05, 0) is 55.7 Å². The van der Waals surface area contributed by atoms with Gasteiger partial charge in [0.05, 0.1) is 12.5 Å². The molecule has 1 saturated carbocycles. The van der Waals surface area contributed by atoms with Crippen molar-refractivity contribution in [3.05, 3.63) is 24.2 Å². The van der Waals surface area contributed by atoms with E-state index in [1.54, 1.807) is 6.26 Å². The first-order chi connectivity index (χ1) is 8.33. The van der Waals surface area contributed by atoms with Gasteiger partial charge in [-0.2, -0.15) is 0 Å². The van der Waals surface area contributed by atoms with Gasteiger partial charge in [0.1, 0.15) is 0 Å². The Bertz CT molecular complexity index is 307. The summed E-state index contributed by atoms with van der Waals surface area (Å²) in [5.41, 5.74) is 1.36. The molecule has 0 bridgehead atoms. The van der Waals surface area contributed by atoms with Crippen LogP contribution in [0, 0.1) is 11.8 Å². The molecule has 0 spiro atoms. The van der Waals surface area contributed by atoms with Crippen molar-refractivity contribution in [1.82, 2.24) is 5.32 Å². The maximum Gasteiger partial charge on any atom is 0.0934 e. The molecule has 1 fully saturated rings. The van der Waals surface area contributed by atoms with Crippen LogP contribution in [0.15, 0.2) is 23.0 Å². The second-order valence-corrected chi connectivity index (χ2v) is 5.35. The lowest BCUT2D eigenvalue weighted by atomic mass is 9.74. The Morgan fingerprint density at radius 2 is 2.24 bits per heavy atom. The van der Waals surface area contributed by atoms with E-state index in [0.29, 0.717) is 6.04 Å². The van der Waals surface area contributed by atoms with E-state index in [1.807, 2.05) is 6.26 Å². The van der Waals surface area contributed by atoms with Crippen molar-refractivity contribution in [2.24, 2.45) is 11.8 Å². The van der Waals surface area contributed by atoms with Crippen LogP contribution in [0.25, 0.3) is 0 Å². The molecule has 0 aromatic carbocycles. The van der Waals surface area contributed by atoms with Crippen LogP contribution in [0.1, 0.15) is 45.1 Å². The molecule has 2 nitrogen and oxygen atoms in total. The summed E-state index contributed by atoms with van der Waals surface area (Å²) in [7, 11) is 0. The van der Waals surface area contributed by atoms with Crippen molar-refractivity contribution in [3.63, 3.8) is 0 Å². The minimum Gasteiger partial charge on any atom is -0.472 e. The fraction of sp³-hybridized carbons (Fsp3) is 0.733. The van der Waals surface area contributed by atoms with Gasteiger partial charge in [-0.15, -0.1) is 0 Å². The lowest BCUT2D eigenvalue weighted by molar-refractivity contribution is 0.199. The molecule has 1 aromatic rings. The van der Waals surface area contributed by atoms with Gasteiger partial charge < -0.3 is 9.73 Å². The molecule has 17 heavy (non-hydrogen) atoms.